The summed E-state index contributed by atoms with van der Waals surface area (Å²) in [5.41, 5.74) is 0.361. The van der Waals surface area contributed by atoms with Crippen molar-refractivity contribution < 1.29 is 14.0 Å². The molecule has 2 aromatic rings. The van der Waals surface area contributed by atoms with Crippen molar-refractivity contribution in [1.29, 1.82) is 0 Å². The van der Waals surface area contributed by atoms with Crippen LogP contribution in [0.15, 0.2) is 42.9 Å². The Morgan fingerprint density at radius 2 is 2.04 bits per heavy atom. The van der Waals surface area contributed by atoms with E-state index in [9.17, 15) is 14.0 Å². The normalized spacial score (nSPS) is 11.6. The maximum absolute atomic E-state index is 13.6. The van der Waals surface area contributed by atoms with Gasteiger partial charge >= 0.3 is 0 Å². The van der Waals surface area contributed by atoms with Crippen molar-refractivity contribution in [1.82, 2.24) is 14.9 Å². The highest BCUT2D eigenvalue weighted by Crippen LogP contribution is 2.14. The molecule has 0 saturated heterocycles. The minimum absolute atomic E-state index is 0.0595. The zero-order valence-electron chi connectivity index (χ0n) is 14.3. The van der Waals surface area contributed by atoms with E-state index in [2.05, 4.69) is 15.3 Å². The van der Waals surface area contributed by atoms with E-state index in [-0.39, 0.29) is 42.2 Å². The van der Waals surface area contributed by atoms with Gasteiger partial charge in [0.25, 0.3) is 5.91 Å². The molecule has 0 aliphatic heterocycles. The van der Waals surface area contributed by atoms with Crippen molar-refractivity contribution in [3.8, 4) is 0 Å². The molecule has 0 spiro atoms. The molecule has 1 N–H and O–H groups in total. The summed E-state index contributed by atoms with van der Waals surface area (Å²) in [6, 6.07) is 5.90. The van der Waals surface area contributed by atoms with Gasteiger partial charge in [0.15, 0.2) is 0 Å². The van der Waals surface area contributed by atoms with Crippen molar-refractivity contribution in [3.05, 3.63) is 54.4 Å². The largest absolute Gasteiger partial charge is 0.334 e. The Hall–Kier alpha value is -2.83. The van der Waals surface area contributed by atoms with E-state index >= 15 is 0 Å². The molecule has 7 heteroatoms. The van der Waals surface area contributed by atoms with Gasteiger partial charge in [-0.2, -0.15) is 0 Å². The fourth-order valence-electron chi connectivity index (χ4n) is 2.30. The molecule has 0 aliphatic rings. The second-order valence-corrected chi connectivity index (χ2v) is 5.62. The minimum atomic E-state index is -0.495. The van der Waals surface area contributed by atoms with E-state index in [4.69, 9.17) is 0 Å². The number of carbonyl (C=O) groups excluding carboxylic acids is 2. The highest BCUT2D eigenvalue weighted by atomic mass is 19.1. The summed E-state index contributed by atoms with van der Waals surface area (Å²) in [6.45, 7) is 4.08. The lowest BCUT2D eigenvalue weighted by Gasteiger charge is -2.28. The van der Waals surface area contributed by atoms with E-state index in [1.54, 1.807) is 17.0 Å². The number of rotatable bonds is 7. The van der Waals surface area contributed by atoms with Gasteiger partial charge in [-0.1, -0.05) is 19.1 Å². The first-order chi connectivity index (χ1) is 12.0. The Kier molecular flexibility index (Phi) is 6.56. The van der Waals surface area contributed by atoms with E-state index in [0.29, 0.717) is 0 Å². The number of carbonyl (C=O) groups is 2. The van der Waals surface area contributed by atoms with Gasteiger partial charge in [0.2, 0.25) is 5.91 Å². The zero-order valence-corrected chi connectivity index (χ0v) is 14.3. The predicted molar refractivity (Wildman–Crippen MR) is 92.5 cm³/mol. The Labute approximate surface area is 146 Å². The van der Waals surface area contributed by atoms with Gasteiger partial charge in [0.1, 0.15) is 11.5 Å². The number of para-hydroxylation sites is 1. The van der Waals surface area contributed by atoms with E-state index < -0.39 is 5.82 Å². The van der Waals surface area contributed by atoms with Crippen LogP contribution in [0.4, 0.5) is 10.1 Å². The van der Waals surface area contributed by atoms with Crippen molar-refractivity contribution in [2.24, 2.45) is 0 Å². The lowest BCUT2D eigenvalue weighted by atomic mass is 10.2. The Morgan fingerprint density at radius 3 is 2.68 bits per heavy atom. The van der Waals surface area contributed by atoms with E-state index in [0.717, 1.165) is 6.42 Å². The molecule has 1 aromatic carbocycles. The molecule has 0 radical (unpaired) electrons. The number of halogens is 1. The Balaban J connectivity index is 2.01. The summed E-state index contributed by atoms with van der Waals surface area (Å²) in [7, 11) is 0. The third-order valence-corrected chi connectivity index (χ3v) is 3.89. The van der Waals surface area contributed by atoms with Crippen LogP contribution in [0.5, 0.6) is 0 Å². The maximum atomic E-state index is 13.6. The summed E-state index contributed by atoms with van der Waals surface area (Å²) < 4.78 is 13.6. The number of nitrogens with one attached hydrogen (secondary N) is 1. The third kappa shape index (κ3) is 5.07. The Morgan fingerprint density at radius 1 is 1.28 bits per heavy atom. The molecule has 0 bridgehead atoms. The maximum Gasteiger partial charge on any atom is 0.274 e. The van der Waals surface area contributed by atoms with Crippen molar-refractivity contribution >= 4 is 17.5 Å². The fourth-order valence-corrected chi connectivity index (χ4v) is 2.30. The van der Waals surface area contributed by atoms with Crippen LogP contribution in [0.1, 0.15) is 37.2 Å². The highest BCUT2D eigenvalue weighted by Gasteiger charge is 2.22. The number of benzene rings is 1. The second kappa shape index (κ2) is 8.86. The summed E-state index contributed by atoms with van der Waals surface area (Å²) >= 11 is 0. The smallest absolute Gasteiger partial charge is 0.274 e. The van der Waals surface area contributed by atoms with Crippen molar-refractivity contribution in [3.63, 3.8) is 0 Å². The molecular weight excluding hydrogens is 323 g/mol. The van der Waals surface area contributed by atoms with Crippen LogP contribution in [0.3, 0.4) is 0 Å². The number of amides is 2. The summed E-state index contributed by atoms with van der Waals surface area (Å²) in [6.07, 6.45) is 5.14. The number of hydrogen-bond acceptors (Lipinski definition) is 4. The lowest BCUT2D eigenvalue weighted by molar-refractivity contribution is -0.116. The molecule has 2 rings (SSSR count). The van der Waals surface area contributed by atoms with E-state index in [1.807, 2.05) is 13.8 Å². The summed E-state index contributed by atoms with van der Waals surface area (Å²) in [5.74, 6) is -1.13. The molecule has 25 heavy (non-hydrogen) atoms. The molecule has 1 atom stereocenters. The predicted octanol–water partition coefficient (Wildman–Crippen LogP) is 2.89. The molecular formula is C18H21FN4O2. The standard InChI is InChI=1S/C18H21FN4O2/c1-3-13(2)23(18(25)16-12-20-9-10-21-16)11-8-17(24)22-15-7-5-4-6-14(15)19/h4-7,9-10,12-13H,3,8,11H2,1-2H3,(H,22,24). The van der Waals surface area contributed by atoms with Gasteiger partial charge in [0, 0.05) is 31.4 Å². The SMILES string of the molecule is CCC(C)N(CCC(=O)Nc1ccccc1F)C(=O)c1cnccn1. The monoisotopic (exact) mass is 344 g/mol. The third-order valence-electron chi connectivity index (χ3n) is 3.89. The average Bonchev–Trinajstić information content (AvgIpc) is 2.64. The topological polar surface area (TPSA) is 75.2 Å². The first kappa shape index (κ1) is 18.5. The van der Waals surface area contributed by atoms with Crippen LogP contribution >= 0.6 is 0 Å². The van der Waals surface area contributed by atoms with Gasteiger partial charge in [-0.15, -0.1) is 0 Å². The van der Waals surface area contributed by atoms with Crippen LogP contribution in [-0.2, 0) is 4.79 Å². The molecule has 2 amide bonds. The lowest BCUT2D eigenvalue weighted by Crippen LogP contribution is -2.40. The highest BCUT2D eigenvalue weighted by molar-refractivity contribution is 5.94. The van der Waals surface area contributed by atoms with Gasteiger partial charge in [-0.25, -0.2) is 9.37 Å². The van der Waals surface area contributed by atoms with Crippen LogP contribution in [0.25, 0.3) is 0 Å². The molecule has 1 unspecified atom stereocenters. The van der Waals surface area contributed by atoms with Gasteiger partial charge in [-0.3, -0.25) is 14.6 Å². The number of anilines is 1. The fraction of sp³-hybridized carbons (Fsp3) is 0.333. The molecule has 6 nitrogen and oxygen atoms in total. The molecule has 1 heterocycles. The van der Waals surface area contributed by atoms with Crippen LogP contribution < -0.4 is 5.32 Å². The minimum Gasteiger partial charge on any atom is -0.334 e. The summed E-state index contributed by atoms with van der Waals surface area (Å²) in [4.78, 5) is 34.2. The first-order valence-electron chi connectivity index (χ1n) is 8.14. The van der Waals surface area contributed by atoms with E-state index in [1.165, 1.54) is 30.7 Å². The molecule has 0 fully saturated rings. The van der Waals surface area contributed by atoms with Crippen molar-refractivity contribution in [2.75, 3.05) is 11.9 Å². The average molecular weight is 344 g/mol. The molecule has 0 aliphatic carbocycles. The first-order valence-corrected chi connectivity index (χ1v) is 8.14. The zero-order chi connectivity index (χ0) is 18.2. The van der Waals surface area contributed by atoms with Crippen LogP contribution in [-0.4, -0.2) is 39.3 Å². The number of nitrogens with zero attached hydrogens (tertiary/aromatic N) is 3. The molecule has 0 saturated carbocycles. The number of hydrogen-bond donors (Lipinski definition) is 1. The molecule has 132 valence electrons. The van der Waals surface area contributed by atoms with Gasteiger partial charge in [-0.05, 0) is 25.5 Å². The quantitative estimate of drug-likeness (QED) is 0.838. The van der Waals surface area contributed by atoms with Gasteiger partial charge in [0.05, 0.1) is 11.9 Å². The summed E-state index contributed by atoms with van der Waals surface area (Å²) in [5, 5.41) is 2.52. The molecule has 1 aromatic heterocycles. The Bertz CT molecular complexity index is 724. The second-order valence-electron chi connectivity index (χ2n) is 5.62. The van der Waals surface area contributed by atoms with Gasteiger partial charge < -0.3 is 10.2 Å². The van der Waals surface area contributed by atoms with Crippen LogP contribution in [0.2, 0.25) is 0 Å². The number of aromatic nitrogens is 2. The van der Waals surface area contributed by atoms with Crippen molar-refractivity contribution in [2.45, 2.75) is 32.7 Å². The van der Waals surface area contributed by atoms with Crippen LogP contribution in [0, 0.1) is 5.82 Å².